The lowest BCUT2D eigenvalue weighted by Gasteiger charge is -2.13. The van der Waals surface area contributed by atoms with Gasteiger partial charge < -0.3 is 14.6 Å². The van der Waals surface area contributed by atoms with E-state index in [1.165, 1.54) is 25.3 Å². The van der Waals surface area contributed by atoms with Crippen LogP contribution in [0.2, 0.25) is 0 Å². The van der Waals surface area contributed by atoms with Crippen LogP contribution in [0.4, 0.5) is 18.9 Å². The van der Waals surface area contributed by atoms with Crippen molar-refractivity contribution in [3.63, 3.8) is 0 Å². The molecule has 0 saturated heterocycles. The topological polar surface area (TPSA) is 77.2 Å². The molecule has 6 nitrogen and oxygen atoms in total. The molecule has 1 amide bonds. The predicted octanol–water partition coefficient (Wildman–Crippen LogP) is 4.34. The van der Waals surface area contributed by atoms with Crippen molar-refractivity contribution in [3.8, 4) is 17.1 Å². The standard InChI is InChI=1S/C19H16F3N3O3/c1-27-15-9-5-2-6-12(15)18-24-17(28-25-18)11-10-16(26)23-14-8-4-3-7-13(14)19(20,21)22/h2-9H,10-11H2,1H3,(H,23,26). The van der Waals surface area contributed by atoms with Gasteiger partial charge in [0.1, 0.15) is 5.75 Å². The van der Waals surface area contributed by atoms with Crippen LogP contribution in [0, 0.1) is 0 Å². The van der Waals surface area contributed by atoms with Gasteiger partial charge in [-0.2, -0.15) is 18.2 Å². The maximum atomic E-state index is 13.0. The first-order valence-electron chi connectivity index (χ1n) is 8.30. The van der Waals surface area contributed by atoms with E-state index in [1.807, 2.05) is 0 Å². The Morgan fingerprint density at radius 2 is 1.86 bits per heavy atom. The third kappa shape index (κ3) is 4.48. The molecule has 0 unspecified atom stereocenters. The second-order valence-electron chi connectivity index (χ2n) is 5.80. The Morgan fingerprint density at radius 1 is 1.14 bits per heavy atom. The molecule has 0 aliphatic heterocycles. The quantitative estimate of drug-likeness (QED) is 0.677. The molecule has 1 N–H and O–H groups in total. The van der Waals surface area contributed by atoms with Gasteiger partial charge in [-0.15, -0.1) is 0 Å². The van der Waals surface area contributed by atoms with E-state index in [-0.39, 0.29) is 24.4 Å². The van der Waals surface area contributed by atoms with Crippen LogP contribution >= 0.6 is 0 Å². The number of carbonyl (C=O) groups is 1. The van der Waals surface area contributed by atoms with Crippen LogP contribution in [0.3, 0.4) is 0 Å². The summed E-state index contributed by atoms with van der Waals surface area (Å²) in [7, 11) is 1.52. The van der Waals surface area contributed by atoms with Gasteiger partial charge in [-0.05, 0) is 24.3 Å². The van der Waals surface area contributed by atoms with E-state index in [1.54, 1.807) is 24.3 Å². The van der Waals surface area contributed by atoms with Crippen LogP contribution in [-0.4, -0.2) is 23.2 Å². The summed E-state index contributed by atoms with van der Waals surface area (Å²) in [5, 5.41) is 6.13. The van der Waals surface area contributed by atoms with Crippen LogP contribution in [0.25, 0.3) is 11.4 Å². The fraction of sp³-hybridized carbons (Fsp3) is 0.211. The molecule has 0 aliphatic carbocycles. The number of methoxy groups -OCH3 is 1. The zero-order chi connectivity index (χ0) is 20.1. The second-order valence-corrected chi connectivity index (χ2v) is 5.80. The smallest absolute Gasteiger partial charge is 0.418 e. The highest BCUT2D eigenvalue weighted by Gasteiger charge is 2.33. The molecule has 3 rings (SSSR count). The Bertz CT molecular complexity index is 970. The number of benzene rings is 2. The van der Waals surface area contributed by atoms with Crippen molar-refractivity contribution in [3.05, 3.63) is 60.0 Å². The first-order valence-corrected chi connectivity index (χ1v) is 8.30. The molecule has 0 aliphatic rings. The fourth-order valence-electron chi connectivity index (χ4n) is 2.57. The molecular weight excluding hydrogens is 375 g/mol. The minimum Gasteiger partial charge on any atom is -0.496 e. The lowest BCUT2D eigenvalue weighted by atomic mass is 10.1. The molecule has 3 aromatic rings. The molecule has 0 spiro atoms. The summed E-state index contributed by atoms with van der Waals surface area (Å²) in [5.41, 5.74) is -0.566. The van der Waals surface area contributed by atoms with E-state index < -0.39 is 17.6 Å². The Balaban J connectivity index is 1.64. The van der Waals surface area contributed by atoms with E-state index in [9.17, 15) is 18.0 Å². The van der Waals surface area contributed by atoms with Gasteiger partial charge in [0, 0.05) is 12.8 Å². The number of anilines is 1. The third-order valence-corrected chi connectivity index (χ3v) is 3.89. The molecular formula is C19H16F3N3O3. The van der Waals surface area contributed by atoms with E-state index in [4.69, 9.17) is 9.26 Å². The average Bonchev–Trinajstić information content (AvgIpc) is 3.15. The highest BCUT2D eigenvalue weighted by Crippen LogP contribution is 2.34. The van der Waals surface area contributed by atoms with Gasteiger partial charge in [0.2, 0.25) is 17.6 Å². The minimum atomic E-state index is -4.56. The van der Waals surface area contributed by atoms with Crippen molar-refractivity contribution < 1.29 is 27.2 Å². The van der Waals surface area contributed by atoms with E-state index in [0.29, 0.717) is 17.1 Å². The summed E-state index contributed by atoms with van der Waals surface area (Å²) < 4.78 is 49.3. The van der Waals surface area contributed by atoms with Crippen molar-refractivity contribution >= 4 is 11.6 Å². The van der Waals surface area contributed by atoms with Crippen molar-refractivity contribution in [2.24, 2.45) is 0 Å². The van der Waals surface area contributed by atoms with Crippen molar-refractivity contribution in [2.45, 2.75) is 19.0 Å². The Labute approximate surface area is 158 Å². The first-order chi connectivity index (χ1) is 13.4. The third-order valence-electron chi connectivity index (χ3n) is 3.89. The molecule has 0 radical (unpaired) electrons. The summed E-state index contributed by atoms with van der Waals surface area (Å²) in [6.07, 6.45) is -4.58. The fourth-order valence-corrected chi connectivity index (χ4v) is 2.57. The van der Waals surface area contributed by atoms with Gasteiger partial charge in [0.15, 0.2) is 0 Å². The SMILES string of the molecule is COc1ccccc1-c1noc(CCC(=O)Nc2ccccc2C(F)(F)F)n1. The molecule has 1 aromatic heterocycles. The summed E-state index contributed by atoms with van der Waals surface area (Å²) >= 11 is 0. The van der Waals surface area contributed by atoms with E-state index >= 15 is 0 Å². The first kappa shape index (κ1) is 19.4. The van der Waals surface area contributed by atoms with Crippen LogP contribution in [0.5, 0.6) is 5.75 Å². The van der Waals surface area contributed by atoms with Crippen molar-refractivity contribution in [2.75, 3.05) is 12.4 Å². The highest BCUT2D eigenvalue weighted by molar-refractivity contribution is 5.91. The Morgan fingerprint density at radius 3 is 2.61 bits per heavy atom. The monoisotopic (exact) mass is 391 g/mol. The molecule has 9 heteroatoms. The van der Waals surface area contributed by atoms with Gasteiger partial charge in [-0.3, -0.25) is 4.79 Å². The number of rotatable bonds is 6. The summed E-state index contributed by atoms with van der Waals surface area (Å²) in [6.45, 7) is 0. The molecule has 0 saturated carbocycles. The number of carbonyl (C=O) groups excluding carboxylic acids is 1. The number of nitrogens with one attached hydrogen (secondary N) is 1. The average molecular weight is 391 g/mol. The van der Waals surface area contributed by atoms with Gasteiger partial charge in [0.05, 0.1) is 23.9 Å². The number of ether oxygens (including phenoxy) is 1. The number of aromatic nitrogens is 2. The van der Waals surface area contributed by atoms with Gasteiger partial charge in [0.25, 0.3) is 0 Å². The number of hydrogen-bond donors (Lipinski definition) is 1. The van der Waals surface area contributed by atoms with Crippen molar-refractivity contribution in [1.29, 1.82) is 0 Å². The van der Waals surface area contributed by atoms with Crippen LogP contribution in [0.15, 0.2) is 53.1 Å². The summed E-state index contributed by atoms with van der Waals surface area (Å²) in [5.74, 6) is 0.473. The zero-order valence-corrected chi connectivity index (χ0v) is 14.8. The lowest BCUT2D eigenvalue weighted by Crippen LogP contribution is -2.16. The molecule has 0 bridgehead atoms. The Kier molecular flexibility index (Phi) is 5.62. The summed E-state index contributed by atoms with van der Waals surface area (Å²) in [6, 6.07) is 11.9. The number of para-hydroxylation sites is 2. The van der Waals surface area contributed by atoms with Crippen LogP contribution in [0.1, 0.15) is 17.9 Å². The lowest BCUT2D eigenvalue weighted by molar-refractivity contribution is -0.137. The van der Waals surface area contributed by atoms with Crippen molar-refractivity contribution in [1.82, 2.24) is 10.1 Å². The zero-order valence-electron chi connectivity index (χ0n) is 14.8. The van der Waals surface area contributed by atoms with E-state index in [2.05, 4.69) is 15.5 Å². The summed E-state index contributed by atoms with van der Waals surface area (Å²) in [4.78, 5) is 16.3. The minimum absolute atomic E-state index is 0.0855. The Hall–Kier alpha value is -3.36. The number of halogens is 3. The van der Waals surface area contributed by atoms with Crippen LogP contribution in [-0.2, 0) is 17.4 Å². The maximum absolute atomic E-state index is 13.0. The predicted molar refractivity (Wildman–Crippen MR) is 94.7 cm³/mol. The van der Waals surface area contributed by atoms with Gasteiger partial charge >= 0.3 is 6.18 Å². The maximum Gasteiger partial charge on any atom is 0.418 e. The molecule has 1 heterocycles. The molecule has 146 valence electrons. The highest BCUT2D eigenvalue weighted by atomic mass is 19.4. The second kappa shape index (κ2) is 8.12. The molecule has 28 heavy (non-hydrogen) atoms. The number of alkyl halides is 3. The largest absolute Gasteiger partial charge is 0.496 e. The van der Waals surface area contributed by atoms with Crippen LogP contribution < -0.4 is 10.1 Å². The molecule has 2 aromatic carbocycles. The molecule has 0 atom stereocenters. The van der Waals surface area contributed by atoms with Gasteiger partial charge in [-0.1, -0.05) is 29.4 Å². The number of hydrogen-bond acceptors (Lipinski definition) is 5. The van der Waals surface area contributed by atoms with Gasteiger partial charge in [-0.25, -0.2) is 0 Å². The number of amides is 1. The molecule has 0 fully saturated rings. The number of aryl methyl sites for hydroxylation is 1. The normalized spacial score (nSPS) is 11.3. The number of nitrogens with zero attached hydrogens (tertiary/aromatic N) is 2. The van der Waals surface area contributed by atoms with E-state index in [0.717, 1.165) is 6.07 Å².